The van der Waals surface area contributed by atoms with Gasteiger partial charge in [0.05, 0.1) is 0 Å². The molecule has 0 radical (unpaired) electrons. The Balaban J connectivity index is 1.40. The molecule has 2 aromatic rings. The minimum atomic E-state index is 0.342. The highest BCUT2D eigenvalue weighted by molar-refractivity contribution is 7.98. The van der Waals surface area contributed by atoms with Crippen molar-refractivity contribution in [3.05, 3.63) is 52.9 Å². The molecular formula is C17H21ClN4S. The molecule has 4 nitrogen and oxygen atoms in total. The Hall–Kier alpha value is -1.30. The molecule has 0 spiro atoms. The van der Waals surface area contributed by atoms with E-state index in [-0.39, 0.29) is 0 Å². The molecule has 0 amide bonds. The summed E-state index contributed by atoms with van der Waals surface area (Å²) >= 11 is 7.87. The summed E-state index contributed by atoms with van der Waals surface area (Å²) in [6.07, 6.45) is 3.71. The van der Waals surface area contributed by atoms with Crippen LogP contribution in [0.25, 0.3) is 0 Å². The molecule has 23 heavy (non-hydrogen) atoms. The first-order chi connectivity index (χ1) is 11.2. The molecule has 1 aromatic heterocycles. The van der Waals surface area contributed by atoms with Crippen LogP contribution in [0.5, 0.6) is 0 Å². The molecule has 0 aliphatic heterocycles. The van der Waals surface area contributed by atoms with Gasteiger partial charge in [-0.15, -0.1) is 0 Å². The van der Waals surface area contributed by atoms with Gasteiger partial charge in [-0.3, -0.25) is 0 Å². The fraction of sp³-hybridized carbons (Fsp3) is 0.412. The van der Waals surface area contributed by atoms with Crippen molar-refractivity contribution in [2.24, 2.45) is 5.73 Å². The first-order valence-corrected chi connectivity index (χ1v) is 9.37. The van der Waals surface area contributed by atoms with Crippen LogP contribution in [0, 0.1) is 0 Å². The van der Waals surface area contributed by atoms with Crippen molar-refractivity contribution >= 4 is 29.2 Å². The molecule has 0 bridgehead atoms. The zero-order valence-electron chi connectivity index (χ0n) is 12.9. The van der Waals surface area contributed by atoms with E-state index in [1.807, 2.05) is 30.0 Å². The Kier molecular flexibility index (Phi) is 5.75. The van der Waals surface area contributed by atoms with Gasteiger partial charge in [0.2, 0.25) is 0 Å². The van der Waals surface area contributed by atoms with Crippen LogP contribution >= 0.6 is 23.4 Å². The molecule has 1 heterocycles. The molecule has 1 fully saturated rings. The highest BCUT2D eigenvalue weighted by Crippen LogP contribution is 2.34. The molecular weight excluding hydrogens is 328 g/mol. The van der Waals surface area contributed by atoms with Crippen LogP contribution in [0.1, 0.15) is 30.0 Å². The van der Waals surface area contributed by atoms with Crippen LogP contribution in [0.4, 0.5) is 5.82 Å². The molecule has 3 N–H and O–H groups in total. The van der Waals surface area contributed by atoms with Crippen LogP contribution in [-0.2, 0) is 5.75 Å². The second kappa shape index (κ2) is 7.99. The van der Waals surface area contributed by atoms with Crippen molar-refractivity contribution in [2.45, 2.75) is 30.6 Å². The highest BCUT2D eigenvalue weighted by atomic mass is 35.5. The van der Waals surface area contributed by atoms with Gasteiger partial charge in [0.1, 0.15) is 12.1 Å². The van der Waals surface area contributed by atoms with Crippen LogP contribution in [0.3, 0.4) is 0 Å². The fourth-order valence-corrected chi connectivity index (χ4v) is 3.68. The average Bonchev–Trinajstić information content (AvgIpc) is 2.52. The van der Waals surface area contributed by atoms with Gasteiger partial charge in [0.15, 0.2) is 0 Å². The first-order valence-electron chi connectivity index (χ1n) is 7.84. The maximum Gasteiger partial charge on any atom is 0.129 e. The van der Waals surface area contributed by atoms with Crippen molar-refractivity contribution in [1.29, 1.82) is 0 Å². The Morgan fingerprint density at radius 1 is 1.26 bits per heavy atom. The summed E-state index contributed by atoms with van der Waals surface area (Å²) < 4.78 is 0. The molecule has 1 aliphatic carbocycles. The zero-order valence-corrected chi connectivity index (χ0v) is 14.5. The SMILES string of the molecule is NC1CC(c2cc(NCCSCc3cccc(Cl)c3)ncn2)C1. The molecule has 122 valence electrons. The third-order valence-electron chi connectivity index (χ3n) is 3.99. The summed E-state index contributed by atoms with van der Waals surface area (Å²) in [4.78, 5) is 8.65. The number of nitrogens with one attached hydrogen (secondary N) is 1. The van der Waals surface area contributed by atoms with Gasteiger partial charge in [-0.1, -0.05) is 23.7 Å². The number of aromatic nitrogens is 2. The van der Waals surface area contributed by atoms with Crippen molar-refractivity contribution in [2.75, 3.05) is 17.6 Å². The number of benzene rings is 1. The van der Waals surface area contributed by atoms with Crippen molar-refractivity contribution in [3.8, 4) is 0 Å². The second-order valence-corrected chi connectivity index (χ2v) is 7.41. The van der Waals surface area contributed by atoms with E-state index in [1.165, 1.54) is 5.56 Å². The Bertz CT molecular complexity index is 646. The van der Waals surface area contributed by atoms with Crippen LogP contribution in [0.15, 0.2) is 36.7 Å². The van der Waals surface area contributed by atoms with E-state index in [2.05, 4.69) is 27.4 Å². The normalized spacial score (nSPS) is 20.1. The third-order valence-corrected chi connectivity index (χ3v) is 5.26. The molecule has 1 saturated carbocycles. The summed E-state index contributed by atoms with van der Waals surface area (Å²) in [6.45, 7) is 0.881. The minimum Gasteiger partial charge on any atom is -0.369 e. The van der Waals surface area contributed by atoms with Gasteiger partial charge in [-0.25, -0.2) is 9.97 Å². The number of nitrogens with two attached hydrogens (primary N) is 1. The van der Waals surface area contributed by atoms with Crippen molar-refractivity contribution in [3.63, 3.8) is 0 Å². The number of hydrogen-bond donors (Lipinski definition) is 2. The number of thioether (sulfide) groups is 1. The number of halogens is 1. The Morgan fingerprint density at radius 3 is 2.91 bits per heavy atom. The first kappa shape index (κ1) is 16.6. The predicted octanol–water partition coefficient (Wildman–Crippen LogP) is 3.68. The van der Waals surface area contributed by atoms with Gasteiger partial charge in [0, 0.05) is 46.8 Å². The topological polar surface area (TPSA) is 63.8 Å². The van der Waals surface area contributed by atoms with Crippen molar-refractivity contribution < 1.29 is 0 Å². The van der Waals surface area contributed by atoms with E-state index >= 15 is 0 Å². The van der Waals surface area contributed by atoms with E-state index in [9.17, 15) is 0 Å². The smallest absolute Gasteiger partial charge is 0.129 e. The number of anilines is 1. The van der Waals surface area contributed by atoms with Gasteiger partial charge < -0.3 is 11.1 Å². The fourth-order valence-electron chi connectivity index (χ4n) is 2.66. The monoisotopic (exact) mass is 348 g/mol. The summed E-state index contributed by atoms with van der Waals surface area (Å²) in [5.41, 5.74) is 8.21. The average molecular weight is 349 g/mol. The lowest BCUT2D eigenvalue weighted by atomic mass is 9.79. The summed E-state index contributed by atoms with van der Waals surface area (Å²) in [5, 5.41) is 4.16. The quantitative estimate of drug-likeness (QED) is 0.747. The lowest BCUT2D eigenvalue weighted by Gasteiger charge is -2.31. The molecule has 3 rings (SSSR count). The zero-order chi connectivity index (χ0) is 16.1. The molecule has 6 heteroatoms. The van der Waals surface area contributed by atoms with Gasteiger partial charge in [0.25, 0.3) is 0 Å². The summed E-state index contributed by atoms with van der Waals surface area (Å²) in [6, 6.07) is 10.4. The van der Waals surface area contributed by atoms with E-state index in [1.54, 1.807) is 6.33 Å². The molecule has 0 unspecified atom stereocenters. The highest BCUT2D eigenvalue weighted by Gasteiger charge is 2.28. The van der Waals surface area contributed by atoms with E-state index in [0.29, 0.717) is 12.0 Å². The number of nitrogens with zero attached hydrogens (tertiary/aromatic N) is 2. The number of rotatable bonds is 7. The lowest BCUT2D eigenvalue weighted by Crippen LogP contribution is -2.35. The van der Waals surface area contributed by atoms with Gasteiger partial charge in [-0.2, -0.15) is 11.8 Å². The lowest BCUT2D eigenvalue weighted by molar-refractivity contribution is 0.345. The Morgan fingerprint density at radius 2 is 2.13 bits per heavy atom. The standard InChI is InChI=1S/C17H21ClN4S/c18-14-3-1-2-12(6-14)10-23-5-4-20-17-9-16(21-11-22-17)13-7-15(19)8-13/h1-3,6,9,11,13,15H,4-5,7-8,10,19H2,(H,20,21,22). The van der Waals surface area contributed by atoms with E-state index in [0.717, 1.165) is 47.4 Å². The minimum absolute atomic E-state index is 0.342. The van der Waals surface area contributed by atoms with E-state index < -0.39 is 0 Å². The Labute approximate surface area is 146 Å². The molecule has 1 aromatic carbocycles. The van der Waals surface area contributed by atoms with Crippen LogP contribution in [-0.4, -0.2) is 28.3 Å². The maximum absolute atomic E-state index is 5.99. The largest absolute Gasteiger partial charge is 0.369 e. The van der Waals surface area contributed by atoms with E-state index in [4.69, 9.17) is 17.3 Å². The summed E-state index contributed by atoms with van der Waals surface area (Å²) in [7, 11) is 0. The predicted molar refractivity (Wildman–Crippen MR) is 98.1 cm³/mol. The van der Waals surface area contributed by atoms with Crippen LogP contribution < -0.4 is 11.1 Å². The third kappa shape index (κ3) is 4.83. The van der Waals surface area contributed by atoms with Crippen molar-refractivity contribution in [1.82, 2.24) is 9.97 Å². The molecule has 0 saturated heterocycles. The summed E-state index contributed by atoms with van der Waals surface area (Å²) in [5.74, 6) is 3.39. The molecule has 1 aliphatic rings. The van der Waals surface area contributed by atoms with Gasteiger partial charge in [-0.05, 0) is 30.5 Å². The second-order valence-electron chi connectivity index (χ2n) is 5.87. The van der Waals surface area contributed by atoms with Gasteiger partial charge >= 0.3 is 0 Å². The molecule has 0 atom stereocenters. The number of hydrogen-bond acceptors (Lipinski definition) is 5. The van der Waals surface area contributed by atoms with Crippen LogP contribution in [0.2, 0.25) is 5.02 Å². The maximum atomic E-state index is 5.99.